The van der Waals surface area contributed by atoms with Crippen molar-refractivity contribution in [3.05, 3.63) is 29.8 Å². The number of methoxy groups -OCH3 is 1. The second-order valence-electron chi connectivity index (χ2n) is 6.67. The van der Waals surface area contributed by atoms with E-state index in [1.54, 1.807) is 24.3 Å². The summed E-state index contributed by atoms with van der Waals surface area (Å²) in [6.45, 7) is 9.83. The first-order chi connectivity index (χ1) is 10.1. The molecule has 1 atom stereocenters. The van der Waals surface area contributed by atoms with Crippen LogP contribution in [0.25, 0.3) is 0 Å². The number of benzene rings is 1. The van der Waals surface area contributed by atoms with Crippen molar-refractivity contribution in [2.24, 2.45) is 5.92 Å². The Bertz CT molecular complexity index is 516. The van der Waals surface area contributed by atoms with E-state index in [-0.39, 0.29) is 29.4 Å². The number of carbonyl (C=O) groups is 2. The van der Waals surface area contributed by atoms with Crippen LogP contribution in [-0.2, 0) is 9.53 Å². The van der Waals surface area contributed by atoms with Gasteiger partial charge >= 0.3 is 5.97 Å². The van der Waals surface area contributed by atoms with Gasteiger partial charge in [0.05, 0.1) is 12.7 Å². The summed E-state index contributed by atoms with van der Waals surface area (Å²) in [4.78, 5) is 23.8. The standard InChI is InChI=1S/C17H26N2O3/c1-11(2)14(15(20)19-17(3,4)5)18-13-9-7-12(8-10-13)16(21)22-6/h7-11,14,18H,1-6H3,(H,19,20). The molecule has 0 aliphatic carbocycles. The van der Waals surface area contributed by atoms with Crippen LogP contribution in [0.2, 0.25) is 0 Å². The number of hydrogen-bond acceptors (Lipinski definition) is 4. The highest BCUT2D eigenvalue weighted by atomic mass is 16.5. The van der Waals surface area contributed by atoms with Crippen LogP contribution in [0.15, 0.2) is 24.3 Å². The molecule has 0 saturated heterocycles. The van der Waals surface area contributed by atoms with Crippen molar-refractivity contribution in [2.45, 2.75) is 46.2 Å². The average Bonchev–Trinajstić information content (AvgIpc) is 2.42. The van der Waals surface area contributed by atoms with Gasteiger partial charge in [0.15, 0.2) is 0 Å². The molecule has 0 fully saturated rings. The van der Waals surface area contributed by atoms with Crippen LogP contribution >= 0.6 is 0 Å². The lowest BCUT2D eigenvalue weighted by Gasteiger charge is -2.28. The maximum absolute atomic E-state index is 12.4. The van der Waals surface area contributed by atoms with E-state index >= 15 is 0 Å². The lowest BCUT2D eigenvalue weighted by Crippen LogP contribution is -2.50. The minimum Gasteiger partial charge on any atom is -0.465 e. The minimum atomic E-state index is -0.377. The summed E-state index contributed by atoms with van der Waals surface area (Å²) in [7, 11) is 1.35. The predicted octanol–water partition coefficient (Wildman–Crippen LogP) is 2.82. The molecule has 0 bridgehead atoms. The smallest absolute Gasteiger partial charge is 0.337 e. The fraction of sp³-hybridized carbons (Fsp3) is 0.529. The summed E-state index contributed by atoms with van der Waals surface area (Å²) < 4.78 is 4.67. The number of anilines is 1. The molecule has 0 aliphatic rings. The molecule has 0 heterocycles. The Kier molecular flexibility index (Phi) is 5.97. The van der Waals surface area contributed by atoms with Crippen molar-refractivity contribution in [2.75, 3.05) is 12.4 Å². The zero-order valence-corrected chi connectivity index (χ0v) is 14.2. The molecule has 1 rings (SSSR count). The number of ether oxygens (including phenoxy) is 1. The van der Waals surface area contributed by atoms with E-state index < -0.39 is 0 Å². The van der Waals surface area contributed by atoms with Crippen LogP contribution in [0.5, 0.6) is 0 Å². The van der Waals surface area contributed by atoms with Gasteiger partial charge in [0.2, 0.25) is 5.91 Å². The van der Waals surface area contributed by atoms with Gasteiger partial charge in [-0.25, -0.2) is 4.79 Å². The summed E-state index contributed by atoms with van der Waals surface area (Å²) in [6, 6.07) is 6.54. The summed E-state index contributed by atoms with van der Waals surface area (Å²) >= 11 is 0. The van der Waals surface area contributed by atoms with E-state index in [0.29, 0.717) is 5.56 Å². The summed E-state index contributed by atoms with van der Waals surface area (Å²) in [5.41, 5.74) is 0.990. The Morgan fingerprint density at radius 3 is 2.05 bits per heavy atom. The third kappa shape index (κ3) is 5.39. The molecular formula is C17H26N2O3. The molecule has 1 amide bonds. The summed E-state index contributed by atoms with van der Waals surface area (Å²) in [5, 5.41) is 6.20. The first-order valence-corrected chi connectivity index (χ1v) is 7.41. The number of nitrogens with one attached hydrogen (secondary N) is 2. The third-order valence-electron chi connectivity index (χ3n) is 3.08. The molecule has 0 saturated carbocycles. The molecule has 1 aromatic rings. The molecule has 0 aromatic heterocycles. The molecule has 0 radical (unpaired) electrons. The zero-order valence-electron chi connectivity index (χ0n) is 14.2. The van der Waals surface area contributed by atoms with E-state index in [0.717, 1.165) is 5.69 Å². The molecule has 0 aliphatic heterocycles. The molecule has 0 spiro atoms. The predicted molar refractivity (Wildman–Crippen MR) is 87.9 cm³/mol. The second kappa shape index (κ2) is 7.29. The molecular weight excluding hydrogens is 280 g/mol. The van der Waals surface area contributed by atoms with Crippen molar-refractivity contribution >= 4 is 17.6 Å². The highest BCUT2D eigenvalue weighted by molar-refractivity contribution is 5.90. The van der Waals surface area contributed by atoms with E-state index in [9.17, 15) is 9.59 Å². The van der Waals surface area contributed by atoms with Crippen LogP contribution in [0, 0.1) is 5.92 Å². The van der Waals surface area contributed by atoms with Crippen LogP contribution in [0.3, 0.4) is 0 Å². The highest BCUT2D eigenvalue weighted by Crippen LogP contribution is 2.15. The Labute approximate surface area is 132 Å². The average molecular weight is 306 g/mol. The van der Waals surface area contributed by atoms with Crippen LogP contribution in [0.4, 0.5) is 5.69 Å². The Hall–Kier alpha value is -2.04. The second-order valence-corrected chi connectivity index (χ2v) is 6.67. The van der Waals surface area contributed by atoms with Gasteiger partial charge in [-0.15, -0.1) is 0 Å². The molecule has 5 nitrogen and oxygen atoms in total. The number of rotatable bonds is 5. The van der Waals surface area contributed by atoms with Gasteiger partial charge in [-0.05, 0) is 51.0 Å². The quantitative estimate of drug-likeness (QED) is 0.821. The van der Waals surface area contributed by atoms with Crippen molar-refractivity contribution in [1.82, 2.24) is 5.32 Å². The van der Waals surface area contributed by atoms with Crippen LogP contribution in [-0.4, -0.2) is 30.6 Å². The Balaban J connectivity index is 2.83. The number of hydrogen-bond donors (Lipinski definition) is 2. The Morgan fingerprint density at radius 2 is 1.64 bits per heavy atom. The Morgan fingerprint density at radius 1 is 1.09 bits per heavy atom. The molecule has 22 heavy (non-hydrogen) atoms. The zero-order chi connectivity index (χ0) is 16.9. The van der Waals surface area contributed by atoms with Gasteiger partial charge in [-0.3, -0.25) is 4.79 Å². The number of carbonyl (C=O) groups excluding carboxylic acids is 2. The first kappa shape index (κ1) is 18.0. The van der Waals surface area contributed by atoms with E-state index in [1.165, 1.54) is 7.11 Å². The van der Waals surface area contributed by atoms with Gasteiger partial charge in [0.1, 0.15) is 6.04 Å². The molecule has 122 valence electrons. The lowest BCUT2D eigenvalue weighted by molar-refractivity contribution is -0.124. The minimum absolute atomic E-state index is 0.0421. The molecule has 2 N–H and O–H groups in total. The topological polar surface area (TPSA) is 67.4 Å². The maximum atomic E-state index is 12.4. The van der Waals surface area contributed by atoms with Crippen molar-refractivity contribution in [3.8, 4) is 0 Å². The summed E-state index contributed by atoms with van der Waals surface area (Å²) in [5.74, 6) is -0.292. The van der Waals surface area contributed by atoms with E-state index in [1.807, 2.05) is 34.6 Å². The third-order valence-corrected chi connectivity index (χ3v) is 3.08. The lowest BCUT2D eigenvalue weighted by atomic mass is 10.0. The maximum Gasteiger partial charge on any atom is 0.337 e. The van der Waals surface area contributed by atoms with Crippen molar-refractivity contribution in [1.29, 1.82) is 0 Å². The van der Waals surface area contributed by atoms with E-state index in [2.05, 4.69) is 15.4 Å². The number of esters is 1. The molecule has 1 aromatic carbocycles. The van der Waals surface area contributed by atoms with Crippen LogP contribution in [0.1, 0.15) is 45.0 Å². The first-order valence-electron chi connectivity index (χ1n) is 7.41. The highest BCUT2D eigenvalue weighted by Gasteiger charge is 2.25. The van der Waals surface area contributed by atoms with Crippen LogP contribution < -0.4 is 10.6 Å². The molecule has 5 heteroatoms. The monoisotopic (exact) mass is 306 g/mol. The SMILES string of the molecule is COC(=O)c1ccc(NC(C(=O)NC(C)(C)C)C(C)C)cc1. The largest absolute Gasteiger partial charge is 0.465 e. The fourth-order valence-electron chi connectivity index (χ4n) is 1.98. The van der Waals surface area contributed by atoms with Gasteiger partial charge in [0, 0.05) is 11.2 Å². The van der Waals surface area contributed by atoms with Crippen molar-refractivity contribution in [3.63, 3.8) is 0 Å². The summed E-state index contributed by atoms with van der Waals surface area (Å²) in [6.07, 6.45) is 0. The van der Waals surface area contributed by atoms with Gasteiger partial charge in [-0.2, -0.15) is 0 Å². The fourth-order valence-corrected chi connectivity index (χ4v) is 1.98. The van der Waals surface area contributed by atoms with Crippen molar-refractivity contribution < 1.29 is 14.3 Å². The van der Waals surface area contributed by atoms with Gasteiger partial charge < -0.3 is 15.4 Å². The normalized spacial score (nSPS) is 12.7. The molecule has 1 unspecified atom stereocenters. The number of amides is 1. The van der Waals surface area contributed by atoms with E-state index in [4.69, 9.17) is 0 Å². The van der Waals surface area contributed by atoms with Gasteiger partial charge in [0.25, 0.3) is 0 Å². The van der Waals surface area contributed by atoms with Gasteiger partial charge in [-0.1, -0.05) is 13.8 Å².